The Morgan fingerprint density at radius 1 is 0.615 bits per heavy atom. The second kappa shape index (κ2) is 33.5. The van der Waals surface area contributed by atoms with Crippen LogP contribution in [0.25, 0.3) is 0 Å². The molecule has 3 unspecified atom stereocenters. The van der Waals surface area contributed by atoms with Crippen LogP contribution >= 0.6 is 43.2 Å². The van der Waals surface area contributed by atoms with Crippen molar-refractivity contribution in [2.75, 3.05) is 75.5 Å². The van der Waals surface area contributed by atoms with Gasteiger partial charge in [-0.25, -0.2) is 0 Å². The molecule has 18 nitrogen and oxygen atoms in total. The van der Waals surface area contributed by atoms with Crippen LogP contribution in [0.15, 0.2) is 0 Å². The van der Waals surface area contributed by atoms with Crippen molar-refractivity contribution in [3.8, 4) is 0 Å². The third kappa shape index (κ3) is 28.5. The summed E-state index contributed by atoms with van der Waals surface area (Å²) in [5, 5.41) is 31.8. The van der Waals surface area contributed by atoms with E-state index in [1.165, 1.54) is 32.4 Å². The summed E-state index contributed by atoms with van der Waals surface area (Å²) in [6.07, 6.45) is 0.569. The van der Waals surface area contributed by atoms with Crippen LogP contribution in [0.1, 0.15) is 51.4 Å². The Morgan fingerprint density at radius 3 is 1.54 bits per heavy atom. The first-order valence-corrected chi connectivity index (χ1v) is 22.2. The van der Waals surface area contributed by atoms with Gasteiger partial charge in [0, 0.05) is 62.0 Å². The number of rotatable bonds is 33. The molecule has 0 aromatic rings. The molecule has 0 aliphatic heterocycles. The fourth-order valence-electron chi connectivity index (χ4n) is 3.87. The topological polar surface area (TPSA) is 316 Å². The van der Waals surface area contributed by atoms with Crippen molar-refractivity contribution >= 4 is 78.7 Å². The maximum absolute atomic E-state index is 13.0. The van der Waals surface area contributed by atoms with Gasteiger partial charge in [-0.2, -0.15) is 0 Å². The van der Waals surface area contributed by atoms with Crippen LogP contribution < -0.4 is 49.5 Å². The zero-order chi connectivity index (χ0) is 39.0. The maximum Gasteiger partial charge on any atom is 0.306 e. The summed E-state index contributed by atoms with van der Waals surface area (Å²) in [4.78, 5) is 73.8. The minimum Gasteiger partial charge on any atom is -0.463 e. The van der Waals surface area contributed by atoms with Gasteiger partial charge in [0.2, 0.25) is 29.5 Å². The van der Waals surface area contributed by atoms with Gasteiger partial charge in [0.15, 0.2) is 0 Å². The monoisotopic (exact) mass is 817 g/mol. The number of nitrogens with one attached hydrogen (secondary N) is 5. The molecule has 22 heteroatoms. The van der Waals surface area contributed by atoms with Gasteiger partial charge in [-0.15, -0.1) is 0 Å². The minimum atomic E-state index is -1.22. The van der Waals surface area contributed by atoms with Crippen LogP contribution in [-0.2, 0) is 33.5 Å². The molecular formula is C30H59N9O9S4. The highest BCUT2D eigenvalue weighted by molar-refractivity contribution is 8.77. The van der Waals surface area contributed by atoms with Gasteiger partial charge < -0.3 is 64.5 Å². The van der Waals surface area contributed by atoms with Crippen LogP contribution in [-0.4, -0.2) is 145 Å². The molecule has 15 N–H and O–H groups in total. The predicted molar refractivity (Wildman–Crippen MR) is 209 cm³/mol. The van der Waals surface area contributed by atoms with E-state index in [-0.39, 0.29) is 49.9 Å². The molecule has 4 atom stereocenters. The van der Waals surface area contributed by atoms with Crippen molar-refractivity contribution in [3.63, 3.8) is 0 Å². The molecule has 0 rings (SSSR count). The molecule has 0 radical (unpaired) electrons. The summed E-state index contributed by atoms with van der Waals surface area (Å²) < 4.78 is 4.79. The first kappa shape index (κ1) is 50.0. The SMILES string of the molecule is NCCCC(N)C(=O)NCCSSCCNC(=O)CCC(NC(=O)CCC(=O)OC[C@@H](O)CO)C(=O)NCCSSCCNC(=O)C(N)CCCN. The van der Waals surface area contributed by atoms with Crippen molar-refractivity contribution in [3.05, 3.63) is 0 Å². The number of ether oxygens (including phenoxy) is 1. The first-order valence-electron chi connectivity index (χ1n) is 17.2. The number of nitrogens with two attached hydrogens (primary N) is 4. The molecule has 0 heterocycles. The maximum atomic E-state index is 13.0. The van der Waals surface area contributed by atoms with Gasteiger partial charge in [-0.3, -0.25) is 28.8 Å². The Morgan fingerprint density at radius 2 is 1.08 bits per heavy atom. The molecule has 0 spiro atoms. The van der Waals surface area contributed by atoms with Crippen LogP contribution in [0.2, 0.25) is 0 Å². The number of hydrogen-bond acceptors (Lipinski definition) is 17. The number of esters is 1. The average molecular weight is 818 g/mol. The number of aliphatic hydroxyl groups is 2. The molecule has 0 saturated carbocycles. The second-order valence-electron chi connectivity index (χ2n) is 11.3. The molecule has 0 bridgehead atoms. The second-order valence-corrected chi connectivity index (χ2v) is 16.7. The van der Waals surface area contributed by atoms with E-state index in [0.29, 0.717) is 81.4 Å². The summed E-state index contributed by atoms with van der Waals surface area (Å²) in [5.41, 5.74) is 22.5. The van der Waals surface area contributed by atoms with Crippen molar-refractivity contribution in [1.29, 1.82) is 0 Å². The first-order chi connectivity index (χ1) is 24.9. The molecule has 302 valence electrons. The molecule has 0 aromatic carbocycles. The Bertz CT molecular complexity index is 1040. The molecule has 0 fully saturated rings. The summed E-state index contributed by atoms with van der Waals surface area (Å²) in [6, 6.07) is -2.20. The van der Waals surface area contributed by atoms with E-state index in [1.54, 1.807) is 10.8 Å². The Kier molecular flexibility index (Phi) is 32.2. The van der Waals surface area contributed by atoms with E-state index in [4.69, 9.17) is 32.8 Å². The molecule has 5 amide bonds. The molecule has 0 aromatic heterocycles. The Labute approximate surface area is 321 Å². The van der Waals surface area contributed by atoms with Crippen LogP contribution in [0.4, 0.5) is 0 Å². The third-order valence-electron chi connectivity index (χ3n) is 6.76. The zero-order valence-corrected chi connectivity index (χ0v) is 32.9. The lowest BCUT2D eigenvalue weighted by atomic mass is 10.1. The Balaban J connectivity index is 4.60. The molecule has 0 aliphatic carbocycles. The zero-order valence-electron chi connectivity index (χ0n) is 29.6. The highest BCUT2D eigenvalue weighted by Gasteiger charge is 2.22. The van der Waals surface area contributed by atoms with E-state index in [9.17, 15) is 33.9 Å². The number of amides is 5. The van der Waals surface area contributed by atoms with Gasteiger partial charge >= 0.3 is 5.97 Å². The van der Waals surface area contributed by atoms with E-state index in [0.717, 1.165) is 0 Å². The summed E-state index contributed by atoms with van der Waals surface area (Å²) in [6.45, 7) is 1.53. The molecule has 52 heavy (non-hydrogen) atoms. The summed E-state index contributed by atoms with van der Waals surface area (Å²) in [7, 11) is 6.07. The average Bonchev–Trinajstić information content (AvgIpc) is 3.13. The van der Waals surface area contributed by atoms with E-state index in [2.05, 4.69) is 26.6 Å². The fourth-order valence-corrected chi connectivity index (χ4v) is 7.49. The van der Waals surface area contributed by atoms with Gasteiger partial charge in [0.1, 0.15) is 18.8 Å². The standard InChI is InChI=1S/C30H59N9O9S4/c31-9-1-3-22(33)28(45)36-12-16-50-49-15-11-35-25(42)6-5-24(39-26(43)7-8-27(44)48-20-21(41)19-40)30(47)38-14-18-52-51-17-13-37-29(46)23(34)4-2-10-32/h21-24,40-41H,1-20,31-34H2,(H,35,42)(H,36,45)(H,37,46)(H,38,47)(H,39,43)/t21-,22?,23?,24?/m0/s1. The van der Waals surface area contributed by atoms with Crippen LogP contribution in [0.5, 0.6) is 0 Å². The van der Waals surface area contributed by atoms with Crippen molar-refractivity contribution < 1.29 is 43.7 Å². The number of carbonyl (C=O) groups is 6. The fraction of sp³-hybridized carbons (Fsp3) is 0.800. The number of carbonyl (C=O) groups excluding carboxylic acids is 6. The van der Waals surface area contributed by atoms with Crippen molar-refractivity contribution in [1.82, 2.24) is 26.6 Å². The summed E-state index contributed by atoms with van der Waals surface area (Å²) >= 11 is 0. The van der Waals surface area contributed by atoms with Gasteiger partial charge in [-0.1, -0.05) is 43.2 Å². The lowest BCUT2D eigenvalue weighted by Crippen LogP contribution is -2.47. The van der Waals surface area contributed by atoms with Gasteiger partial charge in [0.25, 0.3) is 0 Å². The van der Waals surface area contributed by atoms with Crippen molar-refractivity contribution in [2.24, 2.45) is 22.9 Å². The molecular weight excluding hydrogens is 759 g/mol. The predicted octanol–water partition coefficient (Wildman–Crippen LogP) is -2.71. The smallest absolute Gasteiger partial charge is 0.306 e. The molecule has 0 aliphatic rings. The normalized spacial score (nSPS) is 13.3. The lowest BCUT2D eigenvalue weighted by Gasteiger charge is -2.18. The van der Waals surface area contributed by atoms with E-state index >= 15 is 0 Å². The van der Waals surface area contributed by atoms with Crippen LogP contribution in [0, 0.1) is 0 Å². The summed E-state index contributed by atoms with van der Waals surface area (Å²) in [5.74, 6) is -0.142. The third-order valence-corrected chi connectivity index (χ3v) is 11.6. The highest BCUT2D eigenvalue weighted by atomic mass is 33.1. The quantitative estimate of drug-likeness (QED) is 0.0182. The van der Waals surface area contributed by atoms with Crippen molar-refractivity contribution in [2.45, 2.75) is 75.6 Å². The van der Waals surface area contributed by atoms with E-state index < -0.39 is 55.2 Å². The largest absolute Gasteiger partial charge is 0.463 e. The van der Waals surface area contributed by atoms with Crippen LogP contribution in [0.3, 0.4) is 0 Å². The van der Waals surface area contributed by atoms with Gasteiger partial charge in [-0.05, 0) is 45.2 Å². The number of hydrogen-bond donors (Lipinski definition) is 11. The molecule has 0 saturated heterocycles. The minimum absolute atomic E-state index is 0.0144. The number of aliphatic hydroxyl groups excluding tert-OH is 2. The lowest BCUT2D eigenvalue weighted by molar-refractivity contribution is -0.148. The van der Waals surface area contributed by atoms with Gasteiger partial charge in [0.05, 0.1) is 25.1 Å². The van der Waals surface area contributed by atoms with E-state index in [1.807, 2.05) is 0 Å². The highest BCUT2D eigenvalue weighted by Crippen LogP contribution is 2.20. The Hall–Kier alpha value is -2.02.